The van der Waals surface area contributed by atoms with E-state index in [9.17, 15) is 18.0 Å². The van der Waals surface area contributed by atoms with Crippen LogP contribution in [0.25, 0.3) is 0 Å². The molecular formula is C13H23F3N2O2. The lowest BCUT2D eigenvalue weighted by Gasteiger charge is -2.37. The number of alkyl halides is 3. The predicted octanol–water partition coefficient (Wildman–Crippen LogP) is 1.93. The van der Waals surface area contributed by atoms with Crippen molar-refractivity contribution in [3.63, 3.8) is 0 Å². The summed E-state index contributed by atoms with van der Waals surface area (Å²) >= 11 is 0. The van der Waals surface area contributed by atoms with E-state index in [1.165, 1.54) is 0 Å². The molecule has 0 aromatic rings. The fourth-order valence-corrected chi connectivity index (χ4v) is 2.68. The van der Waals surface area contributed by atoms with Crippen molar-refractivity contribution in [1.82, 2.24) is 4.90 Å². The van der Waals surface area contributed by atoms with Gasteiger partial charge in [0.2, 0.25) is 5.91 Å². The maximum atomic E-state index is 12.0. The minimum atomic E-state index is -4.34. The first-order valence-corrected chi connectivity index (χ1v) is 6.95. The van der Waals surface area contributed by atoms with Crippen molar-refractivity contribution in [1.29, 1.82) is 0 Å². The Hall–Kier alpha value is -0.820. The molecule has 118 valence electrons. The normalized spacial score (nSPS) is 23.6. The molecule has 2 unspecified atom stereocenters. The lowest BCUT2D eigenvalue weighted by atomic mass is 9.83. The summed E-state index contributed by atoms with van der Waals surface area (Å²) in [7, 11) is 1.70. The molecule has 2 atom stereocenters. The molecule has 4 nitrogen and oxygen atoms in total. The van der Waals surface area contributed by atoms with Crippen LogP contribution in [-0.2, 0) is 9.53 Å². The van der Waals surface area contributed by atoms with Crippen molar-refractivity contribution in [2.45, 2.75) is 44.3 Å². The molecule has 0 radical (unpaired) electrons. The van der Waals surface area contributed by atoms with Gasteiger partial charge < -0.3 is 15.4 Å². The molecule has 1 aliphatic carbocycles. The molecule has 1 aliphatic rings. The van der Waals surface area contributed by atoms with Crippen molar-refractivity contribution in [2.24, 2.45) is 11.7 Å². The largest absolute Gasteiger partial charge is 0.411 e. The SMILES string of the molecule is CN(C(=O)CCOCC(F)(F)F)C1CCCCC1CN. The van der Waals surface area contributed by atoms with E-state index in [0.717, 1.165) is 25.7 Å². The fraction of sp³-hybridized carbons (Fsp3) is 0.923. The molecule has 2 N–H and O–H groups in total. The van der Waals surface area contributed by atoms with Crippen LogP contribution in [0, 0.1) is 5.92 Å². The Morgan fingerprint density at radius 1 is 1.35 bits per heavy atom. The number of ether oxygens (including phenoxy) is 1. The summed E-state index contributed by atoms with van der Waals surface area (Å²) in [6.07, 6.45) is -0.279. The summed E-state index contributed by atoms with van der Waals surface area (Å²) in [6.45, 7) is -0.978. The highest BCUT2D eigenvalue weighted by atomic mass is 19.4. The zero-order valence-corrected chi connectivity index (χ0v) is 11.8. The van der Waals surface area contributed by atoms with Gasteiger partial charge in [0.1, 0.15) is 6.61 Å². The lowest BCUT2D eigenvalue weighted by molar-refractivity contribution is -0.175. The average Bonchev–Trinajstić information content (AvgIpc) is 2.41. The Balaban J connectivity index is 2.34. The summed E-state index contributed by atoms with van der Waals surface area (Å²) in [5, 5.41) is 0. The molecule has 20 heavy (non-hydrogen) atoms. The maximum absolute atomic E-state index is 12.0. The highest BCUT2D eigenvalue weighted by molar-refractivity contribution is 5.76. The van der Waals surface area contributed by atoms with Gasteiger partial charge in [-0.3, -0.25) is 4.79 Å². The zero-order valence-electron chi connectivity index (χ0n) is 11.8. The van der Waals surface area contributed by atoms with E-state index in [0.29, 0.717) is 6.54 Å². The number of amides is 1. The number of nitrogens with zero attached hydrogens (tertiary/aromatic N) is 1. The van der Waals surface area contributed by atoms with Gasteiger partial charge in [0.05, 0.1) is 13.0 Å². The predicted molar refractivity (Wildman–Crippen MR) is 69.1 cm³/mol. The van der Waals surface area contributed by atoms with Gasteiger partial charge in [0.15, 0.2) is 0 Å². The monoisotopic (exact) mass is 296 g/mol. The Labute approximate surface area is 117 Å². The minimum Gasteiger partial charge on any atom is -0.372 e. The van der Waals surface area contributed by atoms with Crippen molar-refractivity contribution in [2.75, 3.05) is 26.8 Å². The summed E-state index contributed by atoms with van der Waals surface area (Å²) in [5.74, 6) is 0.103. The molecule has 0 saturated heterocycles. The summed E-state index contributed by atoms with van der Waals surface area (Å²) in [5.41, 5.74) is 5.71. The van der Waals surface area contributed by atoms with Gasteiger partial charge in [0.25, 0.3) is 0 Å². The molecule has 0 spiro atoms. The Bertz CT molecular complexity index is 310. The second-order valence-corrected chi connectivity index (χ2v) is 5.27. The van der Waals surface area contributed by atoms with Crippen LogP contribution in [-0.4, -0.2) is 49.8 Å². The second kappa shape index (κ2) is 7.83. The van der Waals surface area contributed by atoms with Crippen LogP contribution in [0.2, 0.25) is 0 Å². The highest BCUT2D eigenvalue weighted by Crippen LogP contribution is 2.27. The number of hydrogen-bond donors (Lipinski definition) is 1. The van der Waals surface area contributed by atoms with E-state index >= 15 is 0 Å². The van der Waals surface area contributed by atoms with Crippen molar-refractivity contribution < 1.29 is 22.7 Å². The van der Waals surface area contributed by atoms with E-state index in [4.69, 9.17) is 5.73 Å². The van der Waals surface area contributed by atoms with E-state index in [1.54, 1.807) is 11.9 Å². The first-order chi connectivity index (χ1) is 9.35. The number of carbonyl (C=O) groups is 1. The summed E-state index contributed by atoms with van der Waals surface area (Å²) in [4.78, 5) is 13.6. The highest BCUT2D eigenvalue weighted by Gasteiger charge is 2.30. The van der Waals surface area contributed by atoms with E-state index in [2.05, 4.69) is 4.74 Å². The molecule has 7 heteroatoms. The summed E-state index contributed by atoms with van der Waals surface area (Å²) in [6, 6.07) is 0.101. The van der Waals surface area contributed by atoms with E-state index in [-0.39, 0.29) is 30.9 Å². The lowest BCUT2D eigenvalue weighted by Crippen LogP contribution is -2.46. The van der Waals surface area contributed by atoms with Gasteiger partial charge in [0, 0.05) is 13.1 Å². The van der Waals surface area contributed by atoms with Crippen LogP contribution in [0.15, 0.2) is 0 Å². The average molecular weight is 296 g/mol. The number of hydrogen-bond acceptors (Lipinski definition) is 3. The van der Waals surface area contributed by atoms with Crippen molar-refractivity contribution in [3.05, 3.63) is 0 Å². The summed E-state index contributed by atoms with van der Waals surface area (Å²) < 4.78 is 40.1. The van der Waals surface area contributed by atoms with Gasteiger partial charge in [-0.1, -0.05) is 12.8 Å². The maximum Gasteiger partial charge on any atom is 0.411 e. The van der Waals surface area contributed by atoms with Crippen LogP contribution in [0.5, 0.6) is 0 Å². The molecule has 0 aliphatic heterocycles. The van der Waals surface area contributed by atoms with E-state index in [1.807, 2.05) is 0 Å². The molecule has 0 bridgehead atoms. The number of nitrogens with two attached hydrogens (primary N) is 1. The van der Waals surface area contributed by atoms with Crippen LogP contribution >= 0.6 is 0 Å². The van der Waals surface area contributed by atoms with Crippen molar-refractivity contribution >= 4 is 5.91 Å². The van der Waals surface area contributed by atoms with Crippen molar-refractivity contribution in [3.8, 4) is 0 Å². The Kier molecular flexibility index (Phi) is 6.75. The first kappa shape index (κ1) is 17.2. The molecule has 1 rings (SSSR count). The fourth-order valence-electron chi connectivity index (χ4n) is 2.68. The molecule has 0 heterocycles. The van der Waals surface area contributed by atoms with E-state index < -0.39 is 12.8 Å². The molecular weight excluding hydrogens is 273 g/mol. The van der Waals surface area contributed by atoms with Gasteiger partial charge in [-0.05, 0) is 25.3 Å². The molecule has 1 saturated carbocycles. The second-order valence-electron chi connectivity index (χ2n) is 5.27. The minimum absolute atomic E-state index is 0.0274. The number of carbonyl (C=O) groups excluding carboxylic acids is 1. The third-order valence-electron chi connectivity index (χ3n) is 3.79. The zero-order chi connectivity index (χ0) is 15.2. The van der Waals surface area contributed by atoms with Gasteiger partial charge in [-0.25, -0.2) is 0 Å². The molecule has 0 aromatic carbocycles. The third-order valence-corrected chi connectivity index (χ3v) is 3.79. The number of rotatable bonds is 6. The van der Waals surface area contributed by atoms with Crippen LogP contribution < -0.4 is 5.73 Å². The van der Waals surface area contributed by atoms with Crippen LogP contribution in [0.3, 0.4) is 0 Å². The quantitative estimate of drug-likeness (QED) is 0.762. The molecule has 1 fully saturated rings. The van der Waals surface area contributed by atoms with Crippen LogP contribution in [0.1, 0.15) is 32.1 Å². The van der Waals surface area contributed by atoms with Crippen LogP contribution in [0.4, 0.5) is 13.2 Å². The number of halogens is 3. The first-order valence-electron chi connectivity index (χ1n) is 6.95. The Morgan fingerprint density at radius 3 is 2.60 bits per heavy atom. The van der Waals surface area contributed by atoms with Gasteiger partial charge in [-0.15, -0.1) is 0 Å². The molecule has 0 aromatic heterocycles. The standard InChI is InChI=1S/C13H23F3N2O2/c1-18(11-5-3-2-4-10(11)8-17)12(19)6-7-20-9-13(14,15)16/h10-11H,2-9,17H2,1H3. The topological polar surface area (TPSA) is 55.6 Å². The molecule has 1 amide bonds. The smallest absolute Gasteiger partial charge is 0.372 e. The van der Waals surface area contributed by atoms with Gasteiger partial charge in [-0.2, -0.15) is 13.2 Å². The third kappa shape index (κ3) is 5.66. The van der Waals surface area contributed by atoms with Gasteiger partial charge >= 0.3 is 6.18 Å². The Morgan fingerprint density at radius 2 is 2.00 bits per heavy atom.